The first-order valence-corrected chi connectivity index (χ1v) is 12.0. The van der Waals surface area contributed by atoms with Crippen molar-refractivity contribution in [3.63, 3.8) is 0 Å². The second-order valence-electron chi connectivity index (χ2n) is 9.16. The van der Waals surface area contributed by atoms with Crippen LogP contribution >= 0.6 is 0 Å². The lowest BCUT2D eigenvalue weighted by Crippen LogP contribution is -2.40. The van der Waals surface area contributed by atoms with Crippen LogP contribution in [0.4, 0.5) is 30.2 Å². The molecule has 11 heteroatoms. The maximum absolute atomic E-state index is 13.5. The van der Waals surface area contributed by atoms with Gasteiger partial charge in [0, 0.05) is 26.7 Å². The van der Waals surface area contributed by atoms with E-state index in [-0.39, 0.29) is 45.5 Å². The van der Waals surface area contributed by atoms with Gasteiger partial charge in [-0.15, -0.1) is 0 Å². The average Bonchev–Trinajstić information content (AvgIpc) is 3.39. The summed E-state index contributed by atoms with van der Waals surface area (Å²) in [5, 5.41) is 13.7. The van der Waals surface area contributed by atoms with Crippen LogP contribution in [0.25, 0.3) is 11.3 Å². The molecule has 1 aromatic heterocycles. The molecule has 2 N–H and O–H groups in total. The molecule has 1 heterocycles. The highest BCUT2D eigenvalue weighted by molar-refractivity contribution is 5.99. The highest BCUT2D eigenvalue weighted by Crippen LogP contribution is 2.40. The molecule has 0 saturated heterocycles. The number of carbonyl (C=O) groups is 1. The van der Waals surface area contributed by atoms with Gasteiger partial charge in [-0.05, 0) is 36.8 Å². The van der Waals surface area contributed by atoms with Gasteiger partial charge in [0.05, 0.1) is 22.9 Å². The van der Waals surface area contributed by atoms with Gasteiger partial charge in [0.2, 0.25) is 0 Å². The summed E-state index contributed by atoms with van der Waals surface area (Å²) in [5.41, 5.74) is -2.45. The fraction of sp³-hybridized carbons (Fsp3) is 0.250. The number of carbonyl (C=O) groups excluding carboxylic acids is 1. The quantitative estimate of drug-likeness (QED) is 0.292. The standard InChI is InChI=1S/C28H26F3N3O5/c1-5-18(21-14-13-20(39-21)15-9-6-7-11-17(15)28(29,30)31)32-22-23(26(37)25(22)36)34(4)19-12-8-10-16(24(19)35)27(38)33(2)3/h6-14,18,32,35H,5H2,1-4H3. The van der Waals surface area contributed by atoms with Crippen molar-refractivity contribution in [3.8, 4) is 17.1 Å². The van der Waals surface area contributed by atoms with Gasteiger partial charge in [0.25, 0.3) is 16.8 Å². The molecule has 1 amide bonds. The molecule has 0 aliphatic carbocycles. The third-order valence-electron chi connectivity index (χ3n) is 6.43. The number of aromatic hydroxyl groups is 1. The van der Waals surface area contributed by atoms with E-state index in [0.717, 1.165) is 6.07 Å². The normalized spacial score (nSPS) is 12.4. The molecule has 3 aromatic carbocycles. The second-order valence-corrected chi connectivity index (χ2v) is 9.16. The monoisotopic (exact) mass is 541 g/mol. The number of anilines is 3. The Bertz CT molecular complexity index is 1600. The van der Waals surface area contributed by atoms with Crippen LogP contribution in [0.15, 0.2) is 68.6 Å². The molecule has 0 spiro atoms. The number of phenols is 1. The first-order chi connectivity index (χ1) is 18.4. The summed E-state index contributed by atoms with van der Waals surface area (Å²) in [6.45, 7) is 1.78. The van der Waals surface area contributed by atoms with Gasteiger partial charge in [0.1, 0.15) is 22.9 Å². The number of halogens is 3. The number of para-hydroxylation sites is 1. The fourth-order valence-electron chi connectivity index (χ4n) is 4.35. The summed E-state index contributed by atoms with van der Waals surface area (Å²) in [6.07, 6.45) is -4.21. The largest absolute Gasteiger partial charge is 0.505 e. The summed E-state index contributed by atoms with van der Waals surface area (Å²) in [4.78, 5) is 40.2. The molecule has 0 fully saturated rings. The summed E-state index contributed by atoms with van der Waals surface area (Å²) >= 11 is 0. The van der Waals surface area contributed by atoms with Crippen LogP contribution in [0, 0.1) is 0 Å². The van der Waals surface area contributed by atoms with Crippen molar-refractivity contribution in [2.24, 2.45) is 0 Å². The molecule has 4 aromatic rings. The Balaban J connectivity index is 1.66. The SMILES string of the molecule is CCC(Nc1c(N(C)c2cccc(C(=O)N(C)C)c2O)c(=O)c1=O)c1ccc(-c2ccccc2C(F)(F)F)o1. The van der Waals surface area contributed by atoms with Crippen molar-refractivity contribution in [1.82, 2.24) is 4.90 Å². The number of furan rings is 1. The van der Waals surface area contributed by atoms with Gasteiger partial charge >= 0.3 is 6.18 Å². The first-order valence-electron chi connectivity index (χ1n) is 12.0. The minimum Gasteiger partial charge on any atom is -0.505 e. The number of nitrogens with one attached hydrogen (secondary N) is 1. The zero-order valence-electron chi connectivity index (χ0n) is 21.6. The van der Waals surface area contributed by atoms with Gasteiger partial charge in [-0.2, -0.15) is 13.2 Å². The van der Waals surface area contributed by atoms with Crippen molar-refractivity contribution >= 4 is 23.0 Å². The predicted octanol–water partition coefficient (Wildman–Crippen LogP) is 5.30. The lowest BCUT2D eigenvalue weighted by molar-refractivity contribution is -0.137. The minimum atomic E-state index is -4.57. The maximum Gasteiger partial charge on any atom is 0.417 e. The van der Waals surface area contributed by atoms with E-state index in [1.807, 2.05) is 0 Å². The zero-order valence-corrected chi connectivity index (χ0v) is 21.6. The van der Waals surface area contributed by atoms with Gasteiger partial charge < -0.3 is 24.6 Å². The van der Waals surface area contributed by atoms with Crippen LogP contribution in [-0.2, 0) is 6.18 Å². The molecule has 0 aliphatic heterocycles. The van der Waals surface area contributed by atoms with Crippen molar-refractivity contribution in [2.75, 3.05) is 31.4 Å². The Kier molecular flexibility index (Phi) is 7.27. The van der Waals surface area contributed by atoms with E-state index in [9.17, 15) is 32.7 Å². The van der Waals surface area contributed by atoms with Gasteiger partial charge in [-0.3, -0.25) is 14.4 Å². The highest BCUT2D eigenvalue weighted by atomic mass is 19.4. The van der Waals surface area contributed by atoms with Gasteiger partial charge in [-0.25, -0.2) is 0 Å². The number of hydrogen-bond acceptors (Lipinski definition) is 7. The maximum atomic E-state index is 13.5. The van der Waals surface area contributed by atoms with E-state index in [4.69, 9.17) is 4.42 Å². The number of alkyl halides is 3. The van der Waals surface area contributed by atoms with Crippen LogP contribution in [0.5, 0.6) is 5.75 Å². The van der Waals surface area contributed by atoms with Gasteiger partial charge in [-0.1, -0.05) is 31.2 Å². The Morgan fingerprint density at radius 2 is 1.69 bits per heavy atom. The van der Waals surface area contributed by atoms with Gasteiger partial charge in [0.15, 0.2) is 5.75 Å². The summed E-state index contributed by atoms with van der Waals surface area (Å²) < 4.78 is 46.3. The Labute approximate surface area is 221 Å². The summed E-state index contributed by atoms with van der Waals surface area (Å²) in [6, 6.07) is 11.8. The number of benzene rings is 2. The molecule has 39 heavy (non-hydrogen) atoms. The molecule has 8 nitrogen and oxygen atoms in total. The Morgan fingerprint density at radius 3 is 2.33 bits per heavy atom. The summed E-state index contributed by atoms with van der Waals surface area (Å²) in [5.74, 6) is -0.526. The van der Waals surface area contributed by atoms with Crippen molar-refractivity contribution in [3.05, 3.63) is 91.9 Å². The topological polar surface area (TPSA) is 103 Å². The van der Waals surface area contributed by atoms with Crippen LogP contribution in [0.1, 0.15) is 41.1 Å². The van der Waals surface area contributed by atoms with Crippen LogP contribution in [0.3, 0.4) is 0 Å². The molecule has 0 radical (unpaired) electrons. The van der Waals surface area contributed by atoms with E-state index in [1.54, 1.807) is 13.0 Å². The van der Waals surface area contributed by atoms with Crippen LogP contribution in [-0.4, -0.2) is 37.1 Å². The average molecular weight is 542 g/mol. The van der Waals surface area contributed by atoms with Crippen LogP contribution < -0.4 is 21.1 Å². The van der Waals surface area contributed by atoms with Crippen molar-refractivity contribution in [2.45, 2.75) is 25.6 Å². The zero-order chi connectivity index (χ0) is 28.6. The number of phenolic OH excluding ortho intramolecular Hbond substituents is 1. The first kappa shape index (κ1) is 27.5. The highest BCUT2D eigenvalue weighted by Gasteiger charge is 2.34. The number of amides is 1. The molecule has 0 saturated carbocycles. The predicted molar refractivity (Wildman–Crippen MR) is 141 cm³/mol. The third-order valence-corrected chi connectivity index (χ3v) is 6.43. The molecular weight excluding hydrogens is 515 g/mol. The lowest BCUT2D eigenvalue weighted by Gasteiger charge is -2.27. The van der Waals surface area contributed by atoms with E-state index in [1.165, 1.54) is 73.4 Å². The molecule has 1 unspecified atom stereocenters. The van der Waals surface area contributed by atoms with E-state index in [2.05, 4.69) is 5.32 Å². The number of nitrogens with zero attached hydrogens (tertiary/aromatic N) is 2. The molecule has 0 bridgehead atoms. The fourth-order valence-corrected chi connectivity index (χ4v) is 4.35. The molecule has 204 valence electrons. The lowest BCUT2D eigenvalue weighted by atomic mass is 10.1. The Morgan fingerprint density at radius 1 is 1.00 bits per heavy atom. The third kappa shape index (κ3) is 4.99. The van der Waals surface area contributed by atoms with Crippen molar-refractivity contribution < 1.29 is 27.5 Å². The summed E-state index contributed by atoms with van der Waals surface area (Å²) in [7, 11) is 4.54. The second kappa shape index (κ2) is 10.3. The smallest absolute Gasteiger partial charge is 0.417 e. The molecule has 1 atom stereocenters. The number of hydrogen-bond donors (Lipinski definition) is 2. The van der Waals surface area contributed by atoms with Crippen molar-refractivity contribution in [1.29, 1.82) is 0 Å². The molecular formula is C28H26F3N3O5. The van der Waals surface area contributed by atoms with E-state index < -0.39 is 34.5 Å². The minimum absolute atomic E-state index is 0.00723. The number of rotatable bonds is 8. The Hall–Kier alpha value is -4.54. The van der Waals surface area contributed by atoms with E-state index >= 15 is 0 Å². The van der Waals surface area contributed by atoms with E-state index in [0.29, 0.717) is 6.42 Å². The van der Waals surface area contributed by atoms with Crippen LogP contribution in [0.2, 0.25) is 0 Å². The molecule has 4 rings (SSSR count). The molecule has 0 aliphatic rings.